The Bertz CT molecular complexity index is 920. The Morgan fingerprint density at radius 2 is 2.04 bits per heavy atom. The molecule has 0 saturated heterocycles. The van der Waals surface area contributed by atoms with E-state index in [1.165, 1.54) is 23.1 Å². The van der Waals surface area contributed by atoms with E-state index in [4.69, 9.17) is 23.2 Å². The lowest BCUT2D eigenvalue weighted by atomic mass is 10.2. The number of hydrogen-bond acceptors (Lipinski definition) is 5. The lowest BCUT2D eigenvalue weighted by Gasteiger charge is -2.02. The fourth-order valence-corrected chi connectivity index (χ4v) is 4.60. The number of halogens is 3. The molecular formula is C16H10BrCl2N3OS2. The van der Waals surface area contributed by atoms with Gasteiger partial charge in [-0.25, -0.2) is 0 Å². The van der Waals surface area contributed by atoms with Crippen LogP contribution in [-0.4, -0.2) is 16.1 Å². The van der Waals surface area contributed by atoms with Gasteiger partial charge in [0.05, 0.1) is 0 Å². The predicted molar refractivity (Wildman–Crippen MR) is 108 cm³/mol. The van der Waals surface area contributed by atoms with E-state index < -0.39 is 0 Å². The van der Waals surface area contributed by atoms with E-state index in [9.17, 15) is 4.79 Å². The second-order valence-electron chi connectivity index (χ2n) is 4.86. The zero-order valence-electron chi connectivity index (χ0n) is 12.5. The number of nitrogens with zero attached hydrogens (tertiary/aromatic N) is 2. The van der Waals surface area contributed by atoms with E-state index in [1.807, 2.05) is 12.1 Å². The van der Waals surface area contributed by atoms with E-state index in [0.29, 0.717) is 26.5 Å². The summed E-state index contributed by atoms with van der Waals surface area (Å²) in [4.78, 5) is 12.2. The molecule has 0 bridgehead atoms. The molecule has 3 rings (SSSR count). The molecule has 0 unspecified atom stereocenters. The van der Waals surface area contributed by atoms with Crippen LogP contribution in [0.2, 0.25) is 10.0 Å². The Morgan fingerprint density at radius 1 is 1.20 bits per heavy atom. The summed E-state index contributed by atoms with van der Waals surface area (Å²) in [5.41, 5.74) is 1.51. The second-order valence-corrected chi connectivity index (χ2v) is 8.82. The number of nitrogens with one attached hydrogen (secondary N) is 1. The first-order chi connectivity index (χ1) is 12.0. The second kappa shape index (κ2) is 8.51. The highest BCUT2D eigenvalue weighted by Gasteiger charge is 2.11. The number of hydrogen-bond donors (Lipinski definition) is 1. The Kier molecular flexibility index (Phi) is 6.35. The van der Waals surface area contributed by atoms with Gasteiger partial charge in [-0.2, -0.15) is 0 Å². The van der Waals surface area contributed by atoms with Gasteiger partial charge >= 0.3 is 0 Å². The fourth-order valence-electron chi connectivity index (χ4n) is 1.90. The first kappa shape index (κ1) is 18.7. The van der Waals surface area contributed by atoms with Crippen molar-refractivity contribution in [2.24, 2.45) is 0 Å². The van der Waals surface area contributed by atoms with Gasteiger partial charge in [0.2, 0.25) is 5.13 Å². The van der Waals surface area contributed by atoms with Crippen molar-refractivity contribution in [3.8, 4) is 0 Å². The first-order valence-electron chi connectivity index (χ1n) is 6.98. The summed E-state index contributed by atoms with van der Waals surface area (Å²) in [6.45, 7) is 0. The monoisotopic (exact) mass is 473 g/mol. The van der Waals surface area contributed by atoms with Crippen molar-refractivity contribution in [3.63, 3.8) is 0 Å². The Morgan fingerprint density at radius 3 is 2.80 bits per heavy atom. The van der Waals surface area contributed by atoms with Crippen molar-refractivity contribution in [1.29, 1.82) is 0 Å². The third-order valence-electron chi connectivity index (χ3n) is 3.08. The minimum atomic E-state index is -0.227. The maximum absolute atomic E-state index is 12.2. The van der Waals surface area contributed by atoms with Crippen molar-refractivity contribution >= 4 is 73.3 Å². The molecule has 0 atom stereocenters. The summed E-state index contributed by atoms with van der Waals surface area (Å²) >= 11 is 18.2. The average Bonchev–Trinajstić information content (AvgIpc) is 3.01. The van der Waals surface area contributed by atoms with Crippen LogP contribution in [0.4, 0.5) is 5.13 Å². The van der Waals surface area contributed by atoms with Crippen LogP contribution in [0.15, 0.2) is 51.3 Å². The molecule has 2 aromatic carbocycles. The maximum Gasteiger partial charge on any atom is 0.257 e. The smallest absolute Gasteiger partial charge is 0.257 e. The van der Waals surface area contributed by atoms with Gasteiger partial charge in [-0.05, 0) is 35.9 Å². The van der Waals surface area contributed by atoms with Gasteiger partial charge < -0.3 is 0 Å². The summed E-state index contributed by atoms with van der Waals surface area (Å²) in [6, 6.07) is 12.5. The number of benzene rings is 2. The zero-order valence-corrected chi connectivity index (χ0v) is 17.2. The molecule has 1 heterocycles. The molecule has 0 fully saturated rings. The number of carbonyl (C=O) groups is 1. The van der Waals surface area contributed by atoms with E-state index in [0.717, 1.165) is 14.4 Å². The number of aromatic nitrogens is 2. The molecule has 3 aromatic rings. The summed E-state index contributed by atoms with van der Waals surface area (Å²) < 4.78 is 1.59. The molecule has 1 aromatic heterocycles. The van der Waals surface area contributed by atoms with Crippen molar-refractivity contribution in [3.05, 3.63) is 68.1 Å². The highest BCUT2D eigenvalue weighted by atomic mass is 79.9. The average molecular weight is 475 g/mol. The van der Waals surface area contributed by atoms with Gasteiger partial charge in [0.25, 0.3) is 5.91 Å². The molecule has 25 heavy (non-hydrogen) atoms. The van der Waals surface area contributed by atoms with Crippen molar-refractivity contribution in [2.45, 2.75) is 10.1 Å². The summed E-state index contributed by atoms with van der Waals surface area (Å²) in [5.74, 6) is 0.416. The number of rotatable bonds is 5. The van der Waals surface area contributed by atoms with Crippen LogP contribution in [0, 0.1) is 0 Å². The van der Waals surface area contributed by atoms with Crippen LogP contribution in [-0.2, 0) is 5.75 Å². The minimum absolute atomic E-state index is 0.227. The number of thioether (sulfide) groups is 1. The number of carbonyl (C=O) groups excluding carboxylic acids is 1. The quantitative estimate of drug-likeness (QED) is 0.355. The minimum Gasteiger partial charge on any atom is -0.296 e. The molecule has 1 N–H and O–H groups in total. The van der Waals surface area contributed by atoms with Crippen LogP contribution < -0.4 is 5.32 Å². The molecule has 9 heteroatoms. The molecule has 0 spiro atoms. The molecule has 0 radical (unpaired) electrons. The molecule has 0 aliphatic heterocycles. The normalized spacial score (nSPS) is 10.7. The van der Waals surface area contributed by atoms with Gasteiger partial charge in [0, 0.05) is 25.8 Å². The van der Waals surface area contributed by atoms with Gasteiger partial charge in [0.15, 0.2) is 4.34 Å². The van der Waals surface area contributed by atoms with Gasteiger partial charge in [-0.15, -0.1) is 10.2 Å². The van der Waals surface area contributed by atoms with E-state index in [2.05, 4.69) is 31.4 Å². The van der Waals surface area contributed by atoms with E-state index >= 15 is 0 Å². The van der Waals surface area contributed by atoms with Crippen molar-refractivity contribution < 1.29 is 4.79 Å². The highest BCUT2D eigenvalue weighted by Crippen LogP contribution is 2.31. The third-order valence-corrected chi connectivity index (χ3v) is 6.18. The molecule has 128 valence electrons. The topological polar surface area (TPSA) is 54.9 Å². The van der Waals surface area contributed by atoms with Gasteiger partial charge in [0.1, 0.15) is 0 Å². The fraction of sp³-hybridized carbons (Fsp3) is 0.0625. The van der Waals surface area contributed by atoms with Crippen molar-refractivity contribution in [2.75, 3.05) is 5.32 Å². The van der Waals surface area contributed by atoms with Crippen LogP contribution in [0.5, 0.6) is 0 Å². The van der Waals surface area contributed by atoms with Gasteiger partial charge in [-0.1, -0.05) is 74.4 Å². The Labute approximate surface area is 171 Å². The molecule has 0 aliphatic carbocycles. The number of amides is 1. The molecule has 0 saturated carbocycles. The Balaban J connectivity index is 1.61. The lowest BCUT2D eigenvalue weighted by Crippen LogP contribution is -2.11. The SMILES string of the molecule is O=C(Nc1nnc(SCc2ccc(Cl)cc2Cl)s1)c1cccc(Br)c1. The molecular weight excluding hydrogens is 465 g/mol. The molecule has 0 aliphatic rings. The number of anilines is 1. The largest absolute Gasteiger partial charge is 0.296 e. The predicted octanol–water partition coefficient (Wildman–Crippen LogP) is 6.15. The first-order valence-corrected chi connectivity index (χ1v) is 10.3. The third kappa shape index (κ3) is 5.18. The summed E-state index contributed by atoms with van der Waals surface area (Å²) in [7, 11) is 0. The van der Waals surface area contributed by atoms with Crippen LogP contribution in [0.3, 0.4) is 0 Å². The highest BCUT2D eigenvalue weighted by molar-refractivity contribution is 9.10. The lowest BCUT2D eigenvalue weighted by molar-refractivity contribution is 0.102. The van der Waals surface area contributed by atoms with Crippen LogP contribution in [0.1, 0.15) is 15.9 Å². The van der Waals surface area contributed by atoms with E-state index in [1.54, 1.807) is 30.3 Å². The molecule has 4 nitrogen and oxygen atoms in total. The van der Waals surface area contributed by atoms with E-state index in [-0.39, 0.29) is 5.91 Å². The standard InChI is InChI=1S/C16H10BrCl2N3OS2/c17-11-3-1-2-9(6-11)14(23)20-15-21-22-16(25-15)24-8-10-4-5-12(18)7-13(10)19/h1-7H,8H2,(H,20,21,23). The van der Waals surface area contributed by atoms with Gasteiger partial charge in [-0.3, -0.25) is 10.1 Å². The zero-order chi connectivity index (χ0) is 17.8. The molecule has 1 amide bonds. The maximum atomic E-state index is 12.2. The van der Waals surface area contributed by atoms with Crippen molar-refractivity contribution in [1.82, 2.24) is 10.2 Å². The summed E-state index contributed by atoms with van der Waals surface area (Å²) in [6.07, 6.45) is 0. The van der Waals surface area contributed by atoms with Crippen LogP contribution >= 0.6 is 62.2 Å². The van der Waals surface area contributed by atoms with Crippen LogP contribution in [0.25, 0.3) is 0 Å². The summed E-state index contributed by atoms with van der Waals surface area (Å²) in [5, 5.41) is 12.5. The Hall–Kier alpha value is -1.12.